The van der Waals surface area contributed by atoms with Crippen molar-refractivity contribution < 1.29 is 14.3 Å². The van der Waals surface area contributed by atoms with Crippen LogP contribution in [0.5, 0.6) is 0 Å². The van der Waals surface area contributed by atoms with E-state index in [0.717, 1.165) is 0 Å². The maximum absolute atomic E-state index is 13.4. The van der Waals surface area contributed by atoms with E-state index in [1.165, 1.54) is 12.1 Å². The number of benzene rings is 1. The average molecular weight is 257 g/mol. The van der Waals surface area contributed by atoms with E-state index < -0.39 is 11.8 Å². The molecule has 0 spiro atoms. The van der Waals surface area contributed by atoms with E-state index in [4.69, 9.17) is 5.11 Å². The highest BCUT2D eigenvalue weighted by Crippen LogP contribution is 2.22. The summed E-state index contributed by atoms with van der Waals surface area (Å²) in [7, 11) is 0. The fourth-order valence-electron chi connectivity index (χ4n) is 1.19. The smallest absolute Gasteiger partial charge is 0.338 e. The second kappa shape index (κ2) is 5.40. The van der Waals surface area contributed by atoms with Crippen LogP contribution in [0.15, 0.2) is 18.2 Å². The molecule has 1 aromatic carbocycles. The molecular weight excluding hydrogens is 241 g/mol. The second-order valence-corrected chi connectivity index (χ2v) is 5.83. The van der Waals surface area contributed by atoms with Crippen LogP contribution in [0, 0.1) is 5.82 Å². The van der Waals surface area contributed by atoms with Crippen molar-refractivity contribution in [2.75, 3.05) is 18.1 Å². The molecule has 0 atom stereocenters. The molecule has 0 heterocycles. The maximum atomic E-state index is 13.4. The largest absolute Gasteiger partial charge is 0.478 e. The first-order valence-electron chi connectivity index (χ1n) is 5.17. The van der Waals surface area contributed by atoms with Gasteiger partial charge in [0.1, 0.15) is 5.82 Å². The van der Waals surface area contributed by atoms with Crippen LogP contribution in [-0.2, 0) is 0 Å². The molecule has 2 N–H and O–H groups in total. The average Bonchev–Trinajstić information content (AvgIpc) is 2.26. The van der Waals surface area contributed by atoms with Gasteiger partial charge in [0.15, 0.2) is 0 Å². The molecule has 1 aromatic rings. The summed E-state index contributed by atoms with van der Waals surface area (Å²) in [6.45, 7) is 4.83. The van der Waals surface area contributed by atoms with Gasteiger partial charge in [-0.3, -0.25) is 0 Å². The van der Waals surface area contributed by atoms with Gasteiger partial charge in [-0.15, -0.1) is 0 Å². The van der Waals surface area contributed by atoms with Gasteiger partial charge in [0.2, 0.25) is 0 Å². The molecule has 0 aliphatic heterocycles. The van der Waals surface area contributed by atoms with Crippen molar-refractivity contribution in [3.8, 4) is 0 Å². The number of carboxylic acid groups (broad SMARTS) is 1. The van der Waals surface area contributed by atoms with Crippen molar-refractivity contribution in [2.45, 2.75) is 18.6 Å². The minimum absolute atomic E-state index is 0.0436. The summed E-state index contributed by atoms with van der Waals surface area (Å²) in [6.07, 6.45) is 2.01. The molecule has 5 heteroatoms. The van der Waals surface area contributed by atoms with E-state index in [1.807, 2.05) is 6.26 Å². The Bertz CT molecular complexity index is 421. The number of hydrogen-bond donors (Lipinski definition) is 2. The van der Waals surface area contributed by atoms with E-state index >= 15 is 0 Å². The van der Waals surface area contributed by atoms with Crippen molar-refractivity contribution in [3.63, 3.8) is 0 Å². The lowest BCUT2D eigenvalue weighted by atomic mass is 10.1. The zero-order chi connectivity index (χ0) is 13.1. The summed E-state index contributed by atoms with van der Waals surface area (Å²) in [4.78, 5) is 10.6. The number of aromatic carboxylic acids is 1. The lowest BCUT2D eigenvalue weighted by Gasteiger charge is -2.23. The summed E-state index contributed by atoms with van der Waals surface area (Å²) < 4.78 is 13.4. The molecule has 0 unspecified atom stereocenters. The summed E-state index contributed by atoms with van der Waals surface area (Å²) in [5, 5.41) is 11.8. The van der Waals surface area contributed by atoms with Crippen molar-refractivity contribution in [1.29, 1.82) is 0 Å². The van der Waals surface area contributed by atoms with E-state index in [1.54, 1.807) is 17.8 Å². The van der Waals surface area contributed by atoms with Gasteiger partial charge in [-0.2, -0.15) is 11.8 Å². The third-order valence-electron chi connectivity index (χ3n) is 2.47. The van der Waals surface area contributed by atoms with Crippen LogP contribution in [0.3, 0.4) is 0 Å². The Hall–Kier alpha value is -1.23. The zero-order valence-corrected chi connectivity index (χ0v) is 10.9. The quantitative estimate of drug-likeness (QED) is 0.851. The fourth-order valence-corrected chi connectivity index (χ4v) is 1.40. The number of nitrogens with one attached hydrogen (secondary N) is 1. The van der Waals surface area contributed by atoms with E-state index in [0.29, 0.717) is 12.2 Å². The third kappa shape index (κ3) is 3.93. The predicted molar refractivity (Wildman–Crippen MR) is 69.4 cm³/mol. The van der Waals surface area contributed by atoms with Crippen LogP contribution in [0.1, 0.15) is 24.2 Å². The Morgan fingerprint density at radius 2 is 2.18 bits per heavy atom. The SMILES string of the molecule is CSC(C)(C)CNc1ccc(C(=O)O)c(F)c1. The van der Waals surface area contributed by atoms with Crippen LogP contribution in [0.2, 0.25) is 0 Å². The van der Waals surface area contributed by atoms with Gasteiger partial charge in [0.05, 0.1) is 5.56 Å². The highest BCUT2D eigenvalue weighted by molar-refractivity contribution is 7.99. The number of carboxylic acids is 1. The molecule has 17 heavy (non-hydrogen) atoms. The number of hydrogen-bond acceptors (Lipinski definition) is 3. The fraction of sp³-hybridized carbons (Fsp3) is 0.417. The maximum Gasteiger partial charge on any atom is 0.338 e. The summed E-state index contributed by atoms with van der Waals surface area (Å²) >= 11 is 1.71. The van der Waals surface area contributed by atoms with E-state index in [2.05, 4.69) is 19.2 Å². The Morgan fingerprint density at radius 3 is 2.65 bits per heavy atom. The molecular formula is C12H16FNO2S. The van der Waals surface area contributed by atoms with Crippen molar-refractivity contribution in [1.82, 2.24) is 0 Å². The van der Waals surface area contributed by atoms with Crippen LogP contribution in [0.4, 0.5) is 10.1 Å². The van der Waals surface area contributed by atoms with Crippen LogP contribution < -0.4 is 5.32 Å². The lowest BCUT2D eigenvalue weighted by Crippen LogP contribution is -2.25. The van der Waals surface area contributed by atoms with Crippen LogP contribution in [-0.4, -0.2) is 28.6 Å². The van der Waals surface area contributed by atoms with Crippen molar-refractivity contribution in [3.05, 3.63) is 29.6 Å². The first-order valence-corrected chi connectivity index (χ1v) is 6.40. The minimum Gasteiger partial charge on any atom is -0.478 e. The second-order valence-electron chi connectivity index (χ2n) is 4.32. The van der Waals surface area contributed by atoms with Gasteiger partial charge in [-0.1, -0.05) is 0 Å². The van der Waals surface area contributed by atoms with Gasteiger partial charge >= 0.3 is 5.97 Å². The molecule has 0 amide bonds. The molecule has 0 saturated carbocycles. The first-order chi connectivity index (χ1) is 7.85. The molecule has 1 rings (SSSR count). The summed E-state index contributed by atoms with van der Waals surface area (Å²) in [5.41, 5.74) is 0.286. The van der Waals surface area contributed by atoms with Gasteiger partial charge in [0.25, 0.3) is 0 Å². The zero-order valence-electron chi connectivity index (χ0n) is 10.1. The topological polar surface area (TPSA) is 49.3 Å². The number of thioether (sulfide) groups is 1. The van der Waals surface area contributed by atoms with Crippen LogP contribution >= 0.6 is 11.8 Å². The lowest BCUT2D eigenvalue weighted by molar-refractivity contribution is 0.0692. The molecule has 0 bridgehead atoms. The summed E-state index contributed by atoms with van der Waals surface area (Å²) in [5.74, 6) is -1.97. The molecule has 0 radical (unpaired) electrons. The van der Waals surface area contributed by atoms with E-state index in [9.17, 15) is 9.18 Å². The highest BCUT2D eigenvalue weighted by Gasteiger charge is 2.16. The van der Waals surface area contributed by atoms with Crippen molar-refractivity contribution in [2.24, 2.45) is 0 Å². The number of anilines is 1. The van der Waals surface area contributed by atoms with Crippen molar-refractivity contribution >= 4 is 23.4 Å². The monoisotopic (exact) mass is 257 g/mol. The Morgan fingerprint density at radius 1 is 1.53 bits per heavy atom. The number of carbonyl (C=O) groups is 1. The molecule has 3 nitrogen and oxygen atoms in total. The standard InChI is InChI=1S/C12H16FNO2S/c1-12(2,17-3)7-14-8-4-5-9(11(15)16)10(13)6-8/h4-6,14H,7H2,1-3H3,(H,15,16). The molecule has 94 valence electrons. The minimum atomic E-state index is -1.25. The number of halogens is 1. The molecule has 0 aliphatic rings. The van der Waals surface area contributed by atoms with E-state index in [-0.39, 0.29) is 10.3 Å². The third-order valence-corrected chi connectivity index (χ3v) is 3.72. The number of rotatable bonds is 5. The molecule has 0 saturated heterocycles. The Kier molecular flexibility index (Phi) is 4.40. The van der Waals surface area contributed by atoms with Gasteiger partial charge < -0.3 is 10.4 Å². The highest BCUT2D eigenvalue weighted by atomic mass is 32.2. The summed E-state index contributed by atoms with van der Waals surface area (Å²) in [6, 6.07) is 4.05. The van der Waals surface area contributed by atoms with Gasteiger partial charge in [0, 0.05) is 17.0 Å². The molecule has 0 fully saturated rings. The Balaban J connectivity index is 2.75. The molecule has 0 aliphatic carbocycles. The van der Waals surface area contributed by atoms with Crippen LogP contribution in [0.25, 0.3) is 0 Å². The van der Waals surface area contributed by atoms with Gasteiger partial charge in [-0.25, -0.2) is 9.18 Å². The normalized spacial score (nSPS) is 11.3. The molecule has 0 aromatic heterocycles. The van der Waals surface area contributed by atoms with Gasteiger partial charge in [-0.05, 0) is 38.3 Å². The Labute approximate surface area is 104 Å². The predicted octanol–water partition coefficient (Wildman–Crippen LogP) is 3.08. The first kappa shape index (κ1) is 13.8.